The van der Waals surface area contributed by atoms with Gasteiger partial charge in [-0.3, -0.25) is 0 Å². The number of rotatable bonds is 9. The number of ether oxygens (including phenoxy) is 2. The van der Waals surface area contributed by atoms with E-state index in [2.05, 4.69) is 24.8 Å². The van der Waals surface area contributed by atoms with E-state index in [1.165, 1.54) is 0 Å². The number of benzene rings is 1. The Labute approximate surface area is 129 Å². The van der Waals surface area contributed by atoms with Crippen LogP contribution in [0.1, 0.15) is 40.5 Å². The zero-order valence-corrected chi connectivity index (χ0v) is 14.1. The van der Waals surface area contributed by atoms with Crippen molar-refractivity contribution in [2.45, 2.75) is 52.7 Å². The average Bonchev–Trinajstić information content (AvgIpc) is 2.46. The van der Waals surface area contributed by atoms with E-state index in [0.29, 0.717) is 18.3 Å². The minimum atomic E-state index is 0.114. The second kappa shape index (κ2) is 8.78. The number of hydrogen-bond donors (Lipinski definition) is 1. The van der Waals surface area contributed by atoms with Crippen molar-refractivity contribution in [3.63, 3.8) is 0 Å². The molecule has 0 bridgehead atoms. The van der Waals surface area contributed by atoms with Gasteiger partial charge in [-0.05, 0) is 38.8 Å². The van der Waals surface area contributed by atoms with Gasteiger partial charge in [0.15, 0.2) is 0 Å². The van der Waals surface area contributed by atoms with Gasteiger partial charge >= 0.3 is 0 Å². The van der Waals surface area contributed by atoms with Crippen LogP contribution in [0.2, 0.25) is 0 Å². The van der Waals surface area contributed by atoms with Gasteiger partial charge in [-0.1, -0.05) is 19.9 Å². The third-order valence-corrected chi connectivity index (χ3v) is 3.63. The summed E-state index contributed by atoms with van der Waals surface area (Å²) in [5.74, 6) is 0.760. The second-order valence-corrected chi connectivity index (χ2v) is 5.51. The first-order chi connectivity index (χ1) is 10.0. The summed E-state index contributed by atoms with van der Waals surface area (Å²) < 4.78 is 11.1. The maximum Gasteiger partial charge on any atom is 0.144 e. The third-order valence-electron chi connectivity index (χ3n) is 3.63. The van der Waals surface area contributed by atoms with Crippen LogP contribution in [0.15, 0.2) is 18.2 Å². The van der Waals surface area contributed by atoms with E-state index in [1.54, 1.807) is 7.11 Å². The standard InChI is InChI=1S/C17H30N2O2/c1-6-14(7-2)19(11-12-20-5)15-9-8-10-16(17(15)18)21-13(3)4/h8-10,13-14H,6-7,11-12,18H2,1-5H3. The average molecular weight is 294 g/mol. The zero-order valence-electron chi connectivity index (χ0n) is 14.1. The molecule has 4 nitrogen and oxygen atoms in total. The van der Waals surface area contributed by atoms with E-state index < -0.39 is 0 Å². The number of nitrogens with two attached hydrogens (primary N) is 1. The van der Waals surface area contributed by atoms with Gasteiger partial charge in [0, 0.05) is 19.7 Å². The Morgan fingerprint density at radius 2 is 1.86 bits per heavy atom. The number of methoxy groups -OCH3 is 1. The number of nitrogen functional groups attached to an aromatic ring is 1. The molecule has 1 aromatic rings. The molecule has 0 atom stereocenters. The van der Waals surface area contributed by atoms with Gasteiger partial charge in [-0.2, -0.15) is 0 Å². The number of hydrogen-bond acceptors (Lipinski definition) is 4. The van der Waals surface area contributed by atoms with Crippen LogP contribution in [0, 0.1) is 0 Å². The van der Waals surface area contributed by atoms with Gasteiger partial charge in [0.1, 0.15) is 5.75 Å². The van der Waals surface area contributed by atoms with Crippen LogP contribution in [0.4, 0.5) is 11.4 Å². The summed E-state index contributed by atoms with van der Waals surface area (Å²) in [6, 6.07) is 6.46. The number of nitrogens with zero attached hydrogens (tertiary/aromatic N) is 1. The molecule has 21 heavy (non-hydrogen) atoms. The first-order valence-electron chi connectivity index (χ1n) is 7.85. The summed E-state index contributed by atoms with van der Waals surface area (Å²) in [5, 5.41) is 0. The molecule has 0 saturated carbocycles. The van der Waals surface area contributed by atoms with Crippen molar-refractivity contribution in [3.05, 3.63) is 18.2 Å². The van der Waals surface area contributed by atoms with Gasteiger partial charge < -0.3 is 20.1 Å². The second-order valence-electron chi connectivity index (χ2n) is 5.51. The predicted octanol–water partition coefficient (Wildman–Crippen LogP) is 3.70. The Bertz CT molecular complexity index is 417. The Morgan fingerprint density at radius 1 is 1.19 bits per heavy atom. The summed E-state index contributed by atoms with van der Waals surface area (Å²) in [6.45, 7) is 9.95. The Hall–Kier alpha value is -1.42. The summed E-state index contributed by atoms with van der Waals surface area (Å²) in [6.07, 6.45) is 2.27. The first-order valence-corrected chi connectivity index (χ1v) is 7.85. The lowest BCUT2D eigenvalue weighted by atomic mass is 10.1. The molecule has 1 aromatic carbocycles. The maximum absolute atomic E-state index is 6.34. The van der Waals surface area contributed by atoms with E-state index in [9.17, 15) is 0 Å². The Kier molecular flexibility index (Phi) is 7.37. The molecule has 2 N–H and O–H groups in total. The normalized spacial score (nSPS) is 11.2. The number of anilines is 2. The highest BCUT2D eigenvalue weighted by Crippen LogP contribution is 2.34. The smallest absolute Gasteiger partial charge is 0.144 e. The van der Waals surface area contributed by atoms with Crippen molar-refractivity contribution in [2.75, 3.05) is 30.9 Å². The SMILES string of the molecule is CCC(CC)N(CCOC)c1cccc(OC(C)C)c1N. The van der Waals surface area contributed by atoms with Crippen LogP contribution < -0.4 is 15.4 Å². The van der Waals surface area contributed by atoms with E-state index in [0.717, 1.165) is 30.8 Å². The minimum Gasteiger partial charge on any atom is -0.489 e. The van der Waals surface area contributed by atoms with E-state index in [-0.39, 0.29) is 6.10 Å². The van der Waals surface area contributed by atoms with Crippen molar-refractivity contribution in [2.24, 2.45) is 0 Å². The first kappa shape index (κ1) is 17.6. The van der Waals surface area contributed by atoms with Crippen molar-refractivity contribution in [1.82, 2.24) is 0 Å². The lowest BCUT2D eigenvalue weighted by molar-refractivity contribution is 0.202. The summed E-state index contributed by atoms with van der Waals surface area (Å²) in [7, 11) is 1.73. The molecule has 0 spiro atoms. The maximum atomic E-state index is 6.34. The van der Waals surface area contributed by atoms with Crippen molar-refractivity contribution < 1.29 is 9.47 Å². The highest BCUT2D eigenvalue weighted by Gasteiger charge is 2.19. The topological polar surface area (TPSA) is 47.7 Å². The Balaban J connectivity index is 3.11. The molecule has 0 amide bonds. The molecule has 0 aliphatic heterocycles. The van der Waals surface area contributed by atoms with Gasteiger partial charge in [0.2, 0.25) is 0 Å². The molecule has 4 heteroatoms. The predicted molar refractivity (Wildman–Crippen MR) is 90.2 cm³/mol. The highest BCUT2D eigenvalue weighted by molar-refractivity contribution is 5.74. The molecule has 0 saturated heterocycles. The van der Waals surface area contributed by atoms with Gasteiger partial charge in [-0.15, -0.1) is 0 Å². The van der Waals surface area contributed by atoms with Crippen LogP contribution in [0.3, 0.4) is 0 Å². The Morgan fingerprint density at radius 3 is 2.38 bits per heavy atom. The van der Waals surface area contributed by atoms with Gasteiger partial charge in [-0.25, -0.2) is 0 Å². The fourth-order valence-electron chi connectivity index (χ4n) is 2.56. The highest BCUT2D eigenvalue weighted by atomic mass is 16.5. The monoisotopic (exact) mass is 294 g/mol. The van der Waals surface area contributed by atoms with E-state index in [1.807, 2.05) is 26.0 Å². The molecule has 1 rings (SSSR count). The molecule has 0 aliphatic carbocycles. The largest absolute Gasteiger partial charge is 0.489 e. The molecular weight excluding hydrogens is 264 g/mol. The van der Waals surface area contributed by atoms with Gasteiger partial charge in [0.25, 0.3) is 0 Å². The van der Waals surface area contributed by atoms with Crippen molar-refractivity contribution >= 4 is 11.4 Å². The molecule has 0 aromatic heterocycles. The molecule has 0 heterocycles. The lowest BCUT2D eigenvalue weighted by Crippen LogP contribution is -2.37. The van der Waals surface area contributed by atoms with E-state index in [4.69, 9.17) is 15.2 Å². The quantitative estimate of drug-likeness (QED) is 0.706. The fraction of sp³-hybridized carbons (Fsp3) is 0.647. The summed E-state index contributed by atoms with van der Waals surface area (Å²) >= 11 is 0. The molecular formula is C17H30N2O2. The summed E-state index contributed by atoms with van der Waals surface area (Å²) in [5.41, 5.74) is 8.10. The molecule has 0 radical (unpaired) electrons. The van der Waals surface area contributed by atoms with Crippen LogP contribution >= 0.6 is 0 Å². The third kappa shape index (κ3) is 4.81. The van der Waals surface area contributed by atoms with E-state index >= 15 is 0 Å². The summed E-state index contributed by atoms with van der Waals surface area (Å²) in [4.78, 5) is 2.34. The van der Waals surface area contributed by atoms with Crippen molar-refractivity contribution in [3.8, 4) is 5.75 Å². The zero-order chi connectivity index (χ0) is 15.8. The minimum absolute atomic E-state index is 0.114. The van der Waals surface area contributed by atoms with Crippen LogP contribution in [-0.4, -0.2) is 32.4 Å². The molecule has 0 aliphatic rings. The van der Waals surface area contributed by atoms with Crippen LogP contribution in [0.25, 0.3) is 0 Å². The van der Waals surface area contributed by atoms with Crippen LogP contribution in [-0.2, 0) is 4.74 Å². The fourth-order valence-corrected chi connectivity index (χ4v) is 2.56. The van der Waals surface area contributed by atoms with Gasteiger partial charge in [0.05, 0.1) is 24.1 Å². The van der Waals surface area contributed by atoms with Crippen LogP contribution in [0.5, 0.6) is 5.75 Å². The molecule has 0 unspecified atom stereocenters. The molecule has 120 valence electrons. The molecule has 0 fully saturated rings. The lowest BCUT2D eigenvalue weighted by Gasteiger charge is -2.34. The number of para-hydroxylation sites is 1. The van der Waals surface area contributed by atoms with Crippen molar-refractivity contribution in [1.29, 1.82) is 0 Å².